The molecule has 100 valence electrons. The normalized spacial score (nSPS) is 10.4. The van der Waals surface area contributed by atoms with E-state index in [1.807, 2.05) is 0 Å². The number of hydrogen-bond donors (Lipinski definition) is 2. The van der Waals surface area contributed by atoms with Crippen molar-refractivity contribution in [3.05, 3.63) is 40.6 Å². The molecule has 0 fully saturated rings. The molecule has 0 aliphatic rings. The molecular weight excluding hydrogens is 312 g/mol. The van der Waals surface area contributed by atoms with Gasteiger partial charge in [0.15, 0.2) is 0 Å². The lowest BCUT2D eigenvalue weighted by Crippen LogP contribution is -2.10. The average molecular weight is 325 g/mol. The highest BCUT2D eigenvalue weighted by molar-refractivity contribution is 9.10. The number of anilines is 1. The van der Waals surface area contributed by atoms with Crippen molar-refractivity contribution in [2.45, 2.75) is 13.0 Å². The Morgan fingerprint density at radius 3 is 3.00 bits per heavy atom. The molecule has 1 heterocycles. The SMILES string of the molecule is O=C(O)c1c(Br)cccc1NCCCn1ccnn1. The maximum atomic E-state index is 11.2. The van der Waals surface area contributed by atoms with Gasteiger partial charge in [-0.2, -0.15) is 0 Å². The van der Waals surface area contributed by atoms with Crippen LogP contribution in [0.15, 0.2) is 35.1 Å². The molecule has 0 amide bonds. The van der Waals surface area contributed by atoms with Gasteiger partial charge in [-0.1, -0.05) is 11.3 Å². The first-order valence-electron chi connectivity index (χ1n) is 5.78. The predicted molar refractivity (Wildman–Crippen MR) is 74.2 cm³/mol. The van der Waals surface area contributed by atoms with Crippen LogP contribution >= 0.6 is 15.9 Å². The van der Waals surface area contributed by atoms with Crippen molar-refractivity contribution in [1.82, 2.24) is 15.0 Å². The molecule has 7 heteroatoms. The minimum Gasteiger partial charge on any atom is -0.478 e. The summed E-state index contributed by atoms with van der Waals surface area (Å²) < 4.78 is 2.31. The maximum Gasteiger partial charge on any atom is 0.338 e. The number of carboxylic acid groups (broad SMARTS) is 1. The van der Waals surface area contributed by atoms with Gasteiger partial charge in [-0.05, 0) is 34.5 Å². The molecule has 2 N–H and O–H groups in total. The second kappa shape index (κ2) is 6.33. The molecule has 0 radical (unpaired) electrons. The van der Waals surface area contributed by atoms with Crippen LogP contribution in [-0.4, -0.2) is 32.6 Å². The summed E-state index contributed by atoms with van der Waals surface area (Å²) in [6.45, 7) is 1.40. The molecule has 0 saturated carbocycles. The van der Waals surface area contributed by atoms with Gasteiger partial charge < -0.3 is 10.4 Å². The molecule has 19 heavy (non-hydrogen) atoms. The van der Waals surface area contributed by atoms with E-state index in [9.17, 15) is 4.79 Å². The summed E-state index contributed by atoms with van der Waals surface area (Å²) in [5, 5.41) is 19.9. The summed E-state index contributed by atoms with van der Waals surface area (Å²) >= 11 is 3.24. The van der Waals surface area contributed by atoms with Crippen molar-refractivity contribution in [2.75, 3.05) is 11.9 Å². The summed E-state index contributed by atoms with van der Waals surface area (Å²) in [7, 11) is 0. The molecule has 0 aliphatic carbocycles. The number of nitrogens with one attached hydrogen (secondary N) is 1. The van der Waals surface area contributed by atoms with Crippen LogP contribution in [0, 0.1) is 0 Å². The number of rotatable bonds is 6. The number of carboxylic acids is 1. The van der Waals surface area contributed by atoms with Gasteiger partial charge in [0, 0.05) is 29.4 Å². The fraction of sp³-hybridized carbons (Fsp3) is 0.250. The van der Waals surface area contributed by atoms with Crippen molar-refractivity contribution in [2.24, 2.45) is 0 Å². The quantitative estimate of drug-likeness (QED) is 0.796. The smallest absolute Gasteiger partial charge is 0.338 e. The predicted octanol–water partition coefficient (Wildman–Crippen LogP) is 2.24. The summed E-state index contributed by atoms with van der Waals surface area (Å²) in [4.78, 5) is 11.2. The third-order valence-electron chi connectivity index (χ3n) is 2.58. The van der Waals surface area contributed by atoms with E-state index in [-0.39, 0.29) is 5.56 Å². The molecule has 6 nitrogen and oxygen atoms in total. The molecule has 1 aromatic carbocycles. The zero-order valence-corrected chi connectivity index (χ0v) is 11.7. The number of benzene rings is 1. The molecule has 2 aromatic rings. The van der Waals surface area contributed by atoms with Crippen molar-refractivity contribution < 1.29 is 9.90 Å². The van der Waals surface area contributed by atoms with Gasteiger partial charge in [-0.25, -0.2) is 4.79 Å². The van der Waals surface area contributed by atoms with Gasteiger partial charge in [-0.3, -0.25) is 4.68 Å². The number of aryl methyl sites for hydroxylation is 1. The summed E-state index contributed by atoms with van der Waals surface area (Å²) in [6, 6.07) is 5.27. The first kappa shape index (κ1) is 13.5. The molecular formula is C12H13BrN4O2. The van der Waals surface area contributed by atoms with Crippen LogP contribution in [0.4, 0.5) is 5.69 Å². The van der Waals surface area contributed by atoms with Crippen molar-refractivity contribution in [3.63, 3.8) is 0 Å². The number of aromatic nitrogens is 3. The van der Waals surface area contributed by atoms with Crippen LogP contribution in [-0.2, 0) is 6.54 Å². The lowest BCUT2D eigenvalue weighted by atomic mass is 10.2. The molecule has 0 bridgehead atoms. The first-order valence-corrected chi connectivity index (χ1v) is 6.57. The van der Waals surface area contributed by atoms with Crippen LogP contribution in [0.25, 0.3) is 0 Å². The lowest BCUT2D eigenvalue weighted by molar-refractivity contribution is 0.0697. The molecule has 0 spiro atoms. The minimum atomic E-state index is -0.953. The van der Waals surface area contributed by atoms with Gasteiger partial charge in [0.1, 0.15) is 0 Å². The Hall–Kier alpha value is -1.89. The number of hydrogen-bond acceptors (Lipinski definition) is 4. The zero-order valence-electron chi connectivity index (χ0n) is 10.1. The Kier molecular flexibility index (Phi) is 4.51. The van der Waals surface area contributed by atoms with Crippen molar-refractivity contribution in [3.8, 4) is 0 Å². The highest BCUT2D eigenvalue weighted by Crippen LogP contribution is 2.24. The van der Waals surface area contributed by atoms with Gasteiger partial charge in [-0.15, -0.1) is 5.10 Å². The Balaban J connectivity index is 1.92. The topological polar surface area (TPSA) is 80.0 Å². The van der Waals surface area contributed by atoms with E-state index < -0.39 is 5.97 Å². The van der Waals surface area contributed by atoms with E-state index in [4.69, 9.17) is 5.11 Å². The van der Waals surface area contributed by atoms with Gasteiger partial charge in [0.05, 0.1) is 11.8 Å². The Morgan fingerprint density at radius 2 is 2.32 bits per heavy atom. The molecule has 0 unspecified atom stereocenters. The second-order valence-electron chi connectivity index (χ2n) is 3.91. The van der Waals surface area contributed by atoms with Crippen LogP contribution < -0.4 is 5.32 Å². The molecule has 1 aromatic heterocycles. The van der Waals surface area contributed by atoms with Crippen LogP contribution in [0.3, 0.4) is 0 Å². The number of aromatic carboxylic acids is 1. The Morgan fingerprint density at radius 1 is 1.47 bits per heavy atom. The Bertz CT molecular complexity index is 557. The molecule has 0 aliphatic heterocycles. The number of halogens is 1. The molecule has 0 atom stereocenters. The van der Waals surface area contributed by atoms with E-state index in [1.165, 1.54) is 0 Å². The third kappa shape index (κ3) is 3.54. The van der Waals surface area contributed by atoms with E-state index in [2.05, 4.69) is 31.6 Å². The van der Waals surface area contributed by atoms with E-state index in [1.54, 1.807) is 35.3 Å². The fourth-order valence-corrected chi connectivity index (χ4v) is 2.24. The Labute approximate surface area is 118 Å². The second-order valence-corrected chi connectivity index (χ2v) is 4.77. The van der Waals surface area contributed by atoms with Gasteiger partial charge >= 0.3 is 5.97 Å². The monoisotopic (exact) mass is 324 g/mol. The van der Waals surface area contributed by atoms with Crippen molar-refractivity contribution in [1.29, 1.82) is 0 Å². The zero-order chi connectivity index (χ0) is 13.7. The lowest BCUT2D eigenvalue weighted by Gasteiger charge is -2.10. The minimum absolute atomic E-state index is 0.253. The first-order chi connectivity index (χ1) is 9.18. The average Bonchev–Trinajstić information content (AvgIpc) is 2.87. The van der Waals surface area contributed by atoms with Crippen LogP contribution in [0.2, 0.25) is 0 Å². The standard InChI is InChI=1S/C12H13BrN4O2/c13-9-3-1-4-10(11(9)12(18)19)14-5-2-7-17-8-6-15-16-17/h1,3-4,6,8,14H,2,5,7H2,(H,18,19). The highest BCUT2D eigenvalue weighted by atomic mass is 79.9. The van der Waals surface area contributed by atoms with E-state index in [0.29, 0.717) is 16.7 Å². The summed E-state index contributed by atoms with van der Waals surface area (Å²) in [5.74, 6) is -0.953. The van der Waals surface area contributed by atoms with E-state index >= 15 is 0 Å². The van der Waals surface area contributed by atoms with Crippen LogP contribution in [0.5, 0.6) is 0 Å². The van der Waals surface area contributed by atoms with Crippen molar-refractivity contribution >= 4 is 27.6 Å². The number of nitrogens with zero attached hydrogens (tertiary/aromatic N) is 3. The fourth-order valence-electron chi connectivity index (χ4n) is 1.70. The van der Waals surface area contributed by atoms with Gasteiger partial charge in [0.25, 0.3) is 0 Å². The summed E-state index contributed by atoms with van der Waals surface area (Å²) in [6.07, 6.45) is 4.25. The van der Waals surface area contributed by atoms with Crippen LogP contribution in [0.1, 0.15) is 16.8 Å². The third-order valence-corrected chi connectivity index (χ3v) is 3.24. The molecule has 0 saturated heterocycles. The van der Waals surface area contributed by atoms with Gasteiger partial charge in [0.2, 0.25) is 0 Å². The molecule has 2 rings (SSSR count). The summed E-state index contributed by atoms with van der Waals surface area (Å²) in [5.41, 5.74) is 0.865. The largest absolute Gasteiger partial charge is 0.478 e. The number of carbonyl (C=O) groups is 1. The van der Waals surface area contributed by atoms with E-state index in [0.717, 1.165) is 13.0 Å². The maximum absolute atomic E-state index is 11.2. The highest BCUT2D eigenvalue weighted by Gasteiger charge is 2.13.